The third kappa shape index (κ3) is 5.12. The fourth-order valence-corrected chi connectivity index (χ4v) is 8.69. The Balaban J connectivity index is 1.42. The molecule has 3 heterocycles. The van der Waals surface area contributed by atoms with E-state index in [1.54, 1.807) is 7.11 Å². The number of hydrogen-bond acceptors (Lipinski definition) is 5. The Hall–Kier alpha value is -2.95. The van der Waals surface area contributed by atoms with E-state index in [-0.39, 0.29) is 42.7 Å². The molecule has 1 spiro atoms. The van der Waals surface area contributed by atoms with Gasteiger partial charge in [0.15, 0.2) is 5.60 Å². The summed E-state index contributed by atoms with van der Waals surface area (Å²) >= 11 is 2.30. The fraction of sp³-hybridized carbons (Fsp3) is 0.444. The zero-order valence-electron chi connectivity index (χ0n) is 25.8. The fourth-order valence-electron chi connectivity index (χ4n) is 8.09. The van der Waals surface area contributed by atoms with Crippen LogP contribution in [0, 0.1) is 15.4 Å². The third-order valence-corrected chi connectivity index (χ3v) is 10.9. The van der Waals surface area contributed by atoms with Gasteiger partial charge in [0.1, 0.15) is 5.75 Å². The van der Waals surface area contributed by atoms with Gasteiger partial charge in [-0.25, -0.2) is 0 Å². The van der Waals surface area contributed by atoms with E-state index in [1.165, 1.54) is 0 Å². The molecular formula is C36H41IN2O5. The van der Waals surface area contributed by atoms with Crippen molar-refractivity contribution in [2.75, 3.05) is 25.2 Å². The van der Waals surface area contributed by atoms with E-state index in [4.69, 9.17) is 9.47 Å². The molecule has 0 unspecified atom stereocenters. The first kappa shape index (κ1) is 31.0. The molecule has 0 aliphatic carbocycles. The van der Waals surface area contributed by atoms with Crippen LogP contribution < -0.4 is 9.64 Å². The summed E-state index contributed by atoms with van der Waals surface area (Å²) in [5.74, 6) is 0.271. The number of nitrogens with zero attached hydrogens (tertiary/aromatic N) is 2. The second kappa shape index (κ2) is 12.1. The minimum atomic E-state index is -1.22. The maximum absolute atomic E-state index is 14.8. The molecule has 232 valence electrons. The summed E-state index contributed by atoms with van der Waals surface area (Å²) < 4.78 is 13.6. The number of methoxy groups -OCH3 is 1. The predicted octanol–water partition coefficient (Wildman–Crippen LogP) is 6.04. The van der Waals surface area contributed by atoms with E-state index in [0.29, 0.717) is 13.1 Å². The van der Waals surface area contributed by atoms with E-state index in [1.807, 2.05) is 64.4 Å². The molecule has 0 bridgehead atoms. The zero-order chi connectivity index (χ0) is 31.2. The van der Waals surface area contributed by atoms with Gasteiger partial charge in [0.2, 0.25) is 5.91 Å². The Kier molecular flexibility index (Phi) is 8.54. The van der Waals surface area contributed by atoms with Crippen molar-refractivity contribution in [3.05, 3.63) is 93.1 Å². The van der Waals surface area contributed by atoms with E-state index in [0.717, 1.165) is 44.5 Å². The molecule has 3 aromatic rings. The minimum Gasteiger partial charge on any atom is -0.497 e. The van der Waals surface area contributed by atoms with Crippen LogP contribution >= 0.6 is 22.6 Å². The number of halogens is 1. The van der Waals surface area contributed by atoms with Crippen LogP contribution in [0.4, 0.5) is 5.69 Å². The number of para-hydroxylation sites is 1. The molecule has 8 heteroatoms. The van der Waals surface area contributed by atoms with Gasteiger partial charge in [0.25, 0.3) is 5.91 Å². The van der Waals surface area contributed by atoms with Gasteiger partial charge < -0.3 is 24.4 Å². The summed E-state index contributed by atoms with van der Waals surface area (Å²) in [6.07, 6.45) is 1.32. The molecule has 0 aromatic heterocycles. The summed E-state index contributed by atoms with van der Waals surface area (Å²) in [6, 6.07) is 24.1. The quantitative estimate of drug-likeness (QED) is 0.289. The molecule has 3 aliphatic heterocycles. The van der Waals surface area contributed by atoms with Gasteiger partial charge in [-0.3, -0.25) is 9.59 Å². The summed E-state index contributed by atoms with van der Waals surface area (Å²) in [7, 11) is 1.65. The van der Waals surface area contributed by atoms with Crippen LogP contribution in [0.2, 0.25) is 0 Å². The molecule has 2 amide bonds. The van der Waals surface area contributed by atoms with Crippen LogP contribution in [0.1, 0.15) is 56.7 Å². The number of amides is 2. The lowest BCUT2D eigenvalue weighted by atomic mass is 9.63. The minimum absolute atomic E-state index is 0.0271. The number of hydrogen-bond donors (Lipinski definition) is 1. The highest BCUT2D eigenvalue weighted by atomic mass is 127. The van der Waals surface area contributed by atoms with Gasteiger partial charge in [-0.1, -0.05) is 63.2 Å². The normalized spacial score (nSPS) is 26.5. The molecule has 1 N–H and O–H groups in total. The summed E-state index contributed by atoms with van der Waals surface area (Å²) in [4.78, 5) is 32.4. The summed E-state index contributed by atoms with van der Waals surface area (Å²) in [5.41, 5.74) is 2.20. The van der Waals surface area contributed by atoms with Crippen LogP contribution in [0.3, 0.4) is 0 Å². The molecule has 0 radical (unpaired) electrons. The Bertz CT molecular complexity index is 1540. The predicted molar refractivity (Wildman–Crippen MR) is 178 cm³/mol. The molecular weight excluding hydrogens is 667 g/mol. The van der Waals surface area contributed by atoms with Gasteiger partial charge >= 0.3 is 0 Å². The lowest BCUT2D eigenvalue weighted by Crippen LogP contribution is -2.45. The van der Waals surface area contributed by atoms with E-state index in [2.05, 4.69) is 61.6 Å². The average molecular weight is 709 g/mol. The van der Waals surface area contributed by atoms with Crippen LogP contribution in [-0.2, 0) is 31.9 Å². The number of aliphatic hydroxyl groups excluding tert-OH is 1. The van der Waals surface area contributed by atoms with Gasteiger partial charge in [0.05, 0.1) is 44.5 Å². The smallest absolute Gasteiger partial charge is 0.264 e. The van der Waals surface area contributed by atoms with Crippen LogP contribution in [0.15, 0.2) is 72.8 Å². The summed E-state index contributed by atoms with van der Waals surface area (Å²) in [6.45, 7) is 7.53. The second-order valence-electron chi connectivity index (χ2n) is 13.0. The zero-order valence-corrected chi connectivity index (χ0v) is 28.0. The Morgan fingerprint density at radius 1 is 1.11 bits per heavy atom. The molecule has 7 nitrogen and oxygen atoms in total. The Morgan fingerprint density at radius 2 is 1.86 bits per heavy atom. The average Bonchev–Trinajstić information content (AvgIpc) is 3.68. The SMILES string of the molecule is COc1ccc(C(C)(C)[C@@H]2[C@@H](CC(=O)N3CCC[C@H]3CO)O[C@]3(C(=O)N(Cc4cccc(I)c4)c4ccccc43)[C@H]2C)cc1. The number of anilines is 1. The largest absolute Gasteiger partial charge is 0.497 e. The van der Waals surface area contributed by atoms with Crippen LogP contribution in [-0.4, -0.2) is 54.2 Å². The number of benzene rings is 3. The maximum atomic E-state index is 14.8. The van der Waals surface area contributed by atoms with Crippen molar-refractivity contribution in [2.24, 2.45) is 11.8 Å². The number of ether oxygens (including phenoxy) is 2. The highest BCUT2D eigenvalue weighted by Crippen LogP contribution is 2.60. The topological polar surface area (TPSA) is 79.3 Å². The van der Waals surface area contributed by atoms with Gasteiger partial charge in [0, 0.05) is 27.5 Å². The number of carbonyl (C=O) groups is 2. The van der Waals surface area contributed by atoms with Crippen molar-refractivity contribution in [3.63, 3.8) is 0 Å². The number of fused-ring (bicyclic) bond motifs is 2. The number of rotatable bonds is 8. The van der Waals surface area contributed by atoms with E-state index < -0.39 is 17.1 Å². The summed E-state index contributed by atoms with van der Waals surface area (Å²) in [5, 5.41) is 9.95. The Labute approximate surface area is 273 Å². The van der Waals surface area contributed by atoms with Gasteiger partial charge in [-0.05, 0) is 82.3 Å². The lowest BCUT2D eigenvalue weighted by Gasteiger charge is -2.39. The highest BCUT2D eigenvalue weighted by molar-refractivity contribution is 14.1. The Morgan fingerprint density at radius 3 is 2.57 bits per heavy atom. The van der Waals surface area contributed by atoms with E-state index in [9.17, 15) is 14.7 Å². The number of aliphatic hydroxyl groups is 1. The highest BCUT2D eigenvalue weighted by Gasteiger charge is 2.66. The van der Waals surface area contributed by atoms with Crippen molar-refractivity contribution in [2.45, 2.75) is 69.7 Å². The van der Waals surface area contributed by atoms with Crippen molar-refractivity contribution in [3.8, 4) is 5.75 Å². The maximum Gasteiger partial charge on any atom is 0.264 e. The van der Waals surface area contributed by atoms with Crippen molar-refractivity contribution < 1.29 is 24.2 Å². The standard InChI is InChI=1S/C36H41IN2O5/c1-23-33(35(2,3)25-14-16-28(43-4)17-15-25)31(20-32(41)38-18-8-11-27(38)22-40)44-36(23)29-12-5-6-13-30(29)39(34(36)42)21-24-9-7-10-26(37)19-24/h5-7,9-10,12-17,19,23,27,31,33,40H,8,11,18,20-22H2,1-4H3/t23-,27-,31+,33-,36+/m0/s1. The number of likely N-dealkylation sites (tertiary alicyclic amines) is 1. The monoisotopic (exact) mass is 708 g/mol. The number of carbonyl (C=O) groups excluding carboxylic acids is 2. The van der Waals surface area contributed by atoms with Crippen molar-refractivity contribution in [1.29, 1.82) is 0 Å². The lowest BCUT2D eigenvalue weighted by molar-refractivity contribution is -0.150. The molecule has 2 fully saturated rings. The molecule has 2 saturated heterocycles. The van der Waals surface area contributed by atoms with Gasteiger partial charge in [-0.15, -0.1) is 0 Å². The first-order valence-corrected chi connectivity index (χ1v) is 16.6. The van der Waals surface area contributed by atoms with Crippen LogP contribution in [0.25, 0.3) is 0 Å². The van der Waals surface area contributed by atoms with Gasteiger partial charge in [-0.2, -0.15) is 0 Å². The van der Waals surface area contributed by atoms with Crippen molar-refractivity contribution in [1.82, 2.24) is 4.90 Å². The van der Waals surface area contributed by atoms with Crippen LogP contribution in [0.5, 0.6) is 5.75 Å². The third-order valence-electron chi connectivity index (χ3n) is 10.3. The molecule has 0 saturated carbocycles. The first-order valence-electron chi connectivity index (χ1n) is 15.5. The molecule has 44 heavy (non-hydrogen) atoms. The first-order chi connectivity index (χ1) is 21.1. The van der Waals surface area contributed by atoms with Crippen molar-refractivity contribution >= 4 is 40.1 Å². The molecule has 6 rings (SSSR count). The molecule has 5 atom stereocenters. The molecule has 3 aromatic carbocycles. The van der Waals surface area contributed by atoms with E-state index >= 15 is 0 Å². The molecule has 3 aliphatic rings. The second-order valence-corrected chi connectivity index (χ2v) is 14.2.